The van der Waals surface area contributed by atoms with Crippen LogP contribution in [0.3, 0.4) is 0 Å². The second-order valence-corrected chi connectivity index (χ2v) is 4.49. The molecule has 0 amide bonds. The second kappa shape index (κ2) is 5.51. The maximum absolute atomic E-state index is 6.02. The van der Waals surface area contributed by atoms with Gasteiger partial charge in [-0.3, -0.25) is 0 Å². The van der Waals surface area contributed by atoms with Crippen molar-refractivity contribution in [2.75, 3.05) is 18.5 Å². The zero-order chi connectivity index (χ0) is 11.4. The van der Waals surface area contributed by atoms with E-state index < -0.39 is 0 Å². The Morgan fingerprint density at radius 2 is 2.50 bits per heavy atom. The third-order valence-corrected chi connectivity index (χ3v) is 3.34. The van der Waals surface area contributed by atoms with Gasteiger partial charge in [0.05, 0.1) is 11.1 Å². The summed E-state index contributed by atoms with van der Waals surface area (Å²) in [4.78, 5) is 4.21. The second-order valence-electron chi connectivity index (χ2n) is 4.08. The normalized spacial score (nSPS) is 24.6. The molecule has 1 aromatic rings. The monoisotopic (exact) mass is 240 g/mol. The van der Waals surface area contributed by atoms with Gasteiger partial charge in [0.1, 0.15) is 5.82 Å². The van der Waals surface area contributed by atoms with Crippen molar-refractivity contribution in [3.8, 4) is 0 Å². The molecule has 1 saturated heterocycles. The van der Waals surface area contributed by atoms with E-state index in [0.717, 1.165) is 31.8 Å². The quantitative estimate of drug-likeness (QED) is 0.879. The summed E-state index contributed by atoms with van der Waals surface area (Å²) in [7, 11) is 0. The first-order valence-electron chi connectivity index (χ1n) is 5.77. The molecule has 2 unspecified atom stereocenters. The molecule has 2 atom stereocenters. The number of halogens is 1. The van der Waals surface area contributed by atoms with Gasteiger partial charge >= 0.3 is 0 Å². The van der Waals surface area contributed by atoms with Crippen molar-refractivity contribution in [1.82, 2.24) is 4.98 Å². The highest BCUT2D eigenvalue weighted by Gasteiger charge is 2.26. The highest BCUT2D eigenvalue weighted by atomic mass is 35.5. The number of nitrogens with zero attached hydrogens (tertiary/aromatic N) is 1. The summed E-state index contributed by atoms with van der Waals surface area (Å²) in [6, 6.07) is 3.68. The van der Waals surface area contributed by atoms with Crippen LogP contribution in [-0.2, 0) is 4.74 Å². The summed E-state index contributed by atoms with van der Waals surface area (Å²) in [5.41, 5.74) is 0. The first-order valence-corrected chi connectivity index (χ1v) is 6.15. The van der Waals surface area contributed by atoms with Crippen molar-refractivity contribution in [3.63, 3.8) is 0 Å². The van der Waals surface area contributed by atoms with Crippen LogP contribution in [-0.4, -0.2) is 24.2 Å². The van der Waals surface area contributed by atoms with Crippen LogP contribution in [0.4, 0.5) is 5.82 Å². The van der Waals surface area contributed by atoms with E-state index >= 15 is 0 Å². The van der Waals surface area contributed by atoms with Crippen molar-refractivity contribution in [2.45, 2.75) is 25.9 Å². The van der Waals surface area contributed by atoms with E-state index in [1.165, 1.54) is 0 Å². The fraction of sp³-hybridized carbons (Fsp3) is 0.583. The van der Waals surface area contributed by atoms with Gasteiger partial charge in [-0.15, -0.1) is 0 Å². The minimum Gasteiger partial charge on any atom is -0.378 e. The smallest absolute Gasteiger partial charge is 0.144 e. The number of hydrogen-bond acceptors (Lipinski definition) is 3. The molecular weight excluding hydrogens is 224 g/mol. The third-order valence-electron chi connectivity index (χ3n) is 3.04. The highest BCUT2D eigenvalue weighted by Crippen LogP contribution is 2.25. The standard InChI is InChI=1S/C12H17ClN2O/c1-2-11-9(5-7-16-11)8-15-12-10(13)4-3-6-14-12/h3-4,6,9,11H,2,5,7-8H2,1H3,(H,14,15). The molecule has 1 aliphatic heterocycles. The summed E-state index contributed by atoms with van der Waals surface area (Å²) in [6.07, 6.45) is 4.32. The Hall–Kier alpha value is -0.800. The molecule has 0 spiro atoms. The Kier molecular flexibility index (Phi) is 4.02. The van der Waals surface area contributed by atoms with Crippen molar-refractivity contribution < 1.29 is 4.74 Å². The topological polar surface area (TPSA) is 34.1 Å². The lowest BCUT2D eigenvalue weighted by Crippen LogP contribution is -2.23. The van der Waals surface area contributed by atoms with Gasteiger partial charge in [0.2, 0.25) is 0 Å². The molecule has 0 bridgehead atoms. The number of pyridine rings is 1. The van der Waals surface area contributed by atoms with E-state index in [2.05, 4.69) is 17.2 Å². The number of nitrogens with one attached hydrogen (secondary N) is 1. The first-order chi connectivity index (χ1) is 7.81. The van der Waals surface area contributed by atoms with E-state index in [0.29, 0.717) is 17.0 Å². The average molecular weight is 241 g/mol. The van der Waals surface area contributed by atoms with Crippen LogP contribution in [0.25, 0.3) is 0 Å². The third kappa shape index (κ3) is 2.66. The van der Waals surface area contributed by atoms with Gasteiger partial charge in [0, 0.05) is 25.3 Å². The first kappa shape index (κ1) is 11.7. The largest absolute Gasteiger partial charge is 0.378 e. The zero-order valence-electron chi connectivity index (χ0n) is 9.45. The Morgan fingerprint density at radius 3 is 3.25 bits per heavy atom. The van der Waals surface area contributed by atoms with Gasteiger partial charge < -0.3 is 10.1 Å². The van der Waals surface area contributed by atoms with Crippen LogP contribution in [0.1, 0.15) is 19.8 Å². The molecule has 1 N–H and O–H groups in total. The molecule has 3 nitrogen and oxygen atoms in total. The van der Waals surface area contributed by atoms with E-state index in [1.807, 2.05) is 12.1 Å². The molecule has 88 valence electrons. The molecule has 0 saturated carbocycles. The van der Waals surface area contributed by atoms with E-state index in [4.69, 9.17) is 16.3 Å². The highest BCUT2D eigenvalue weighted by molar-refractivity contribution is 6.32. The van der Waals surface area contributed by atoms with Crippen LogP contribution in [0, 0.1) is 5.92 Å². The maximum atomic E-state index is 6.02. The molecule has 1 aliphatic rings. The molecule has 0 aromatic carbocycles. The van der Waals surface area contributed by atoms with Gasteiger partial charge in [0.15, 0.2) is 0 Å². The lowest BCUT2D eigenvalue weighted by atomic mass is 10.00. The molecule has 1 aromatic heterocycles. The van der Waals surface area contributed by atoms with E-state index in [1.54, 1.807) is 6.20 Å². The van der Waals surface area contributed by atoms with Gasteiger partial charge in [-0.05, 0) is 25.0 Å². The Morgan fingerprint density at radius 1 is 1.62 bits per heavy atom. The Bertz CT molecular complexity index is 346. The zero-order valence-corrected chi connectivity index (χ0v) is 10.2. The van der Waals surface area contributed by atoms with Crippen LogP contribution in [0.2, 0.25) is 5.02 Å². The van der Waals surface area contributed by atoms with Gasteiger partial charge in [0.25, 0.3) is 0 Å². The molecule has 1 fully saturated rings. The summed E-state index contributed by atoms with van der Waals surface area (Å²) in [5.74, 6) is 1.34. The number of aromatic nitrogens is 1. The fourth-order valence-electron chi connectivity index (χ4n) is 2.12. The van der Waals surface area contributed by atoms with Gasteiger partial charge in [-0.25, -0.2) is 4.98 Å². The van der Waals surface area contributed by atoms with Crippen LogP contribution >= 0.6 is 11.6 Å². The summed E-state index contributed by atoms with van der Waals surface area (Å²) in [5, 5.41) is 3.97. The molecule has 0 aliphatic carbocycles. The minimum atomic E-state index is 0.384. The van der Waals surface area contributed by atoms with Crippen LogP contribution < -0.4 is 5.32 Å². The Labute approximate surface area is 101 Å². The Balaban J connectivity index is 1.90. The van der Waals surface area contributed by atoms with Gasteiger partial charge in [-0.1, -0.05) is 18.5 Å². The van der Waals surface area contributed by atoms with Gasteiger partial charge in [-0.2, -0.15) is 0 Å². The number of rotatable bonds is 4. The predicted molar refractivity (Wildman–Crippen MR) is 65.9 cm³/mol. The van der Waals surface area contributed by atoms with E-state index in [-0.39, 0.29) is 0 Å². The number of anilines is 1. The molecular formula is C12H17ClN2O. The summed E-state index contributed by atoms with van der Waals surface area (Å²) in [6.45, 7) is 3.92. The maximum Gasteiger partial charge on any atom is 0.144 e. The molecule has 2 rings (SSSR count). The van der Waals surface area contributed by atoms with Crippen molar-refractivity contribution in [1.29, 1.82) is 0 Å². The minimum absolute atomic E-state index is 0.384. The molecule has 0 radical (unpaired) electrons. The predicted octanol–water partition coefficient (Wildman–Crippen LogP) is 2.96. The molecule has 4 heteroatoms. The molecule has 16 heavy (non-hydrogen) atoms. The number of hydrogen-bond donors (Lipinski definition) is 1. The summed E-state index contributed by atoms with van der Waals surface area (Å²) < 4.78 is 5.64. The van der Waals surface area contributed by atoms with Crippen LogP contribution in [0.15, 0.2) is 18.3 Å². The number of ether oxygens (including phenoxy) is 1. The van der Waals surface area contributed by atoms with E-state index in [9.17, 15) is 0 Å². The fourth-order valence-corrected chi connectivity index (χ4v) is 2.31. The summed E-state index contributed by atoms with van der Waals surface area (Å²) >= 11 is 6.02. The average Bonchev–Trinajstić information content (AvgIpc) is 2.75. The lowest BCUT2D eigenvalue weighted by molar-refractivity contribution is 0.0900. The van der Waals surface area contributed by atoms with Crippen LogP contribution in [0.5, 0.6) is 0 Å². The molecule has 2 heterocycles. The lowest BCUT2D eigenvalue weighted by Gasteiger charge is -2.17. The van der Waals surface area contributed by atoms with Crippen molar-refractivity contribution in [2.24, 2.45) is 5.92 Å². The van der Waals surface area contributed by atoms with Crippen molar-refractivity contribution in [3.05, 3.63) is 23.4 Å². The van der Waals surface area contributed by atoms with Crippen molar-refractivity contribution >= 4 is 17.4 Å². The SMILES string of the molecule is CCC1OCCC1CNc1ncccc1Cl.